The summed E-state index contributed by atoms with van der Waals surface area (Å²) in [5.74, 6) is -8.51. The predicted molar refractivity (Wildman–Crippen MR) is 213 cm³/mol. The zero-order chi connectivity index (χ0) is 43.0. The fourth-order valence-electron chi connectivity index (χ4n) is 5.88. The van der Waals surface area contributed by atoms with E-state index in [1.807, 2.05) is 0 Å². The topological polar surface area (TPSA) is 341 Å². The Labute approximate surface area is 340 Å². The molecule has 9 amide bonds. The number of aromatic hydroxyl groups is 1. The van der Waals surface area contributed by atoms with Crippen molar-refractivity contribution in [2.24, 2.45) is 28.9 Å². The van der Waals surface area contributed by atoms with Gasteiger partial charge < -0.3 is 59.5 Å². The summed E-state index contributed by atoms with van der Waals surface area (Å²) in [7, 11) is 0. The number of rotatable bonds is 23. The highest BCUT2D eigenvalue weighted by Gasteiger charge is 2.38. The van der Waals surface area contributed by atoms with E-state index in [2.05, 4.69) is 51.8 Å². The highest BCUT2D eigenvalue weighted by molar-refractivity contribution is 7.80. The number of phenols is 1. The van der Waals surface area contributed by atoms with Gasteiger partial charge in [0.05, 0.1) is 12.5 Å². The van der Waals surface area contributed by atoms with Crippen molar-refractivity contribution in [3.8, 4) is 5.75 Å². The van der Waals surface area contributed by atoms with Gasteiger partial charge in [0, 0.05) is 30.9 Å². The van der Waals surface area contributed by atoms with E-state index in [0.717, 1.165) is 0 Å². The first-order valence-electron chi connectivity index (χ1n) is 18.3. The number of hydrogen-bond acceptors (Lipinski definition) is 13. The standard InChI is InChI=1S/C35H54N10O10S2/c1-3-17(2)28(44-33(53)22(41-30(50)20(36)15-56)13-18-6-8-19(46)9-7-18)34(54)40-21(10-11-26(37)47)31(51)42-23(14-27(38)48)32(52)43-24(16-57)35(55)45-12-4-5-25(45)29(39)49/h6-9,17,20-25,28,46,56-57H,3-5,10-16,36H2,1-2H3,(H2,37,47)(H2,38,48)(H2,39,49)(H,40,54)(H,41,50)(H,42,51)(H,43,52)(H,44,53)/t17-,20-,21-,22-,23-,24-,25-,28-/m0/s1. The summed E-state index contributed by atoms with van der Waals surface area (Å²) in [6.45, 7) is 3.59. The van der Waals surface area contributed by atoms with Crippen molar-refractivity contribution in [1.29, 1.82) is 0 Å². The third-order valence-electron chi connectivity index (χ3n) is 9.35. The van der Waals surface area contributed by atoms with E-state index in [9.17, 15) is 48.3 Å². The first kappa shape index (κ1) is 48.1. The van der Waals surface area contributed by atoms with Crippen LogP contribution in [0.15, 0.2) is 24.3 Å². The lowest BCUT2D eigenvalue weighted by atomic mass is 9.96. The second kappa shape index (κ2) is 23.2. The first-order chi connectivity index (χ1) is 26.8. The summed E-state index contributed by atoms with van der Waals surface area (Å²) in [6, 6.07) is -3.20. The molecule has 0 aromatic heterocycles. The van der Waals surface area contributed by atoms with Gasteiger partial charge in [0.2, 0.25) is 53.2 Å². The molecule has 1 aliphatic heterocycles. The second-order valence-electron chi connectivity index (χ2n) is 13.7. The highest BCUT2D eigenvalue weighted by atomic mass is 32.1. The van der Waals surface area contributed by atoms with Crippen molar-refractivity contribution in [2.45, 2.75) is 101 Å². The minimum Gasteiger partial charge on any atom is -0.508 e. The molecule has 0 radical (unpaired) electrons. The number of nitrogens with zero attached hydrogens (tertiary/aromatic N) is 1. The molecule has 1 aromatic rings. The van der Waals surface area contributed by atoms with E-state index in [1.54, 1.807) is 13.8 Å². The van der Waals surface area contributed by atoms with E-state index in [-0.39, 0.29) is 36.6 Å². The lowest BCUT2D eigenvalue weighted by molar-refractivity contribution is -0.140. The number of amides is 9. The maximum Gasteiger partial charge on any atom is 0.246 e. The van der Waals surface area contributed by atoms with Gasteiger partial charge in [0.15, 0.2) is 0 Å². The van der Waals surface area contributed by atoms with Crippen molar-refractivity contribution >= 4 is 78.4 Å². The molecule has 8 atom stereocenters. The van der Waals surface area contributed by atoms with E-state index in [0.29, 0.717) is 24.8 Å². The lowest BCUT2D eigenvalue weighted by Gasteiger charge is -2.30. The van der Waals surface area contributed by atoms with Gasteiger partial charge in [-0.2, -0.15) is 25.3 Å². The summed E-state index contributed by atoms with van der Waals surface area (Å²) in [5.41, 5.74) is 22.5. The maximum atomic E-state index is 13.9. The third kappa shape index (κ3) is 15.1. The molecule has 0 aliphatic carbocycles. The number of hydrogen-bond donors (Lipinski definition) is 12. The Morgan fingerprint density at radius 1 is 0.772 bits per heavy atom. The number of benzene rings is 1. The fourth-order valence-corrected chi connectivity index (χ4v) is 6.29. The number of likely N-dealkylation sites (tertiary alicyclic amines) is 1. The molecule has 20 nitrogen and oxygen atoms in total. The Bertz CT molecular complexity index is 1640. The van der Waals surface area contributed by atoms with E-state index >= 15 is 0 Å². The number of thiol groups is 2. The SMILES string of the molecule is CC[C@H](C)[C@H](NC(=O)[C@H](Cc1ccc(O)cc1)NC(=O)[C@@H](N)CS)C(=O)N[C@@H](CCC(N)=O)C(=O)N[C@@H](CC(N)=O)C(=O)N[C@@H](CS)C(=O)N1CCC[C@H]1C(N)=O. The Balaban J connectivity index is 2.34. The molecule has 316 valence electrons. The van der Waals surface area contributed by atoms with Crippen LogP contribution >= 0.6 is 25.3 Å². The number of primary amides is 3. The number of nitrogens with two attached hydrogens (primary N) is 4. The van der Waals surface area contributed by atoms with Crippen LogP contribution < -0.4 is 49.5 Å². The van der Waals surface area contributed by atoms with Crippen molar-refractivity contribution < 1.29 is 48.3 Å². The van der Waals surface area contributed by atoms with Crippen LogP contribution in [0, 0.1) is 5.92 Å². The molecule has 1 aliphatic rings. The molecule has 22 heteroatoms. The summed E-state index contributed by atoms with van der Waals surface area (Å²) in [5, 5.41) is 22.1. The number of phenolic OH excluding ortho intramolecular Hbond substituents is 1. The van der Waals surface area contributed by atoms with E-state index in [4.69, 9.17) is 22.9 Å². The minimum absolute atomic E-state index is 0.0277. The van der Waals surface area contributed by atoms with Crippen LogP contribution in [0.4, 0.5) is 0 Å². The van der Waals surface area contributed by atoms with Gasteiger partial charge in [-0.25, -0.2) is 0 Å². The summed E-state index contributed by atoms with van der Waals surface area (Å²) in [6.07, 6.45) is -0.425. The highest BCUT2D eigenvalue weighted by Crippen LogP contribution is 2.19. The molecule has 14 N–H and O–H groups in total. The number of nitrogens with one attached hydrogen (secondary N) is 5. The van der Waals surface area contributed by atoms with Crippen LogP contribution in [0.3, 0.4) is 0 Å². The van der Waals surface area contributed by atoms with Crippen LogP contribution in [0.2, 0.25) is 0 Å². The Morgan fingerprint density at radius 2 is 1.33 bits per heavy atom. The maximum absolute atomic E-state index is 13.9. The number of carbonyl (C=O) groups is 9. The molecule has 0 unspecified atom stereocenters. The molecule has 1 aromatic carbocycles. The molecular formula is C35H54N10O10S2. The van der Waals surface area contributed by atoms with Crippen LogP contribution in [0.1, 0.15) is 57.9 Å². The normalized spacial score (nSPS) is 17.4. The van der Waals surface area contributed by atoms with E-state index < -0.39 is 114 Å². The van der Waals surface area contributed by atoms with Crippen LogP contribution in [-0.2, 0) is 49.6 Å². The van der Waals surface area contributed by atoms with Crippen LogP contribution in [-0.4, -0.2) is 124 Å². The second-order valence-corrected chi connectivity index (χ2v) is 14.5. The minimum atomic E-state index is -1.68. The summed E-state index contributed by atoms with van der Waals surface area (Å²) >= 11 is 8.18. The monoisotopic (exact) mass is 838 g/mol. The van der Waals surface area contributed by atoms with Gasteiger partial charge in [0.25, 0.3) is 0 Å². The Hall–Kier alpha value is -5.09. The molecule has 0 bridgehead atoms. The van der Waals surface area contributed by atoms with Gasteiger partial charge in [-0.05, 0) is 42.9 Å². The average Bonchev–Trinajstić information content (AvgIpc) is 3.67. The van der Waals surface area contributed by atoms with E-state index in [1.165, 1.54) is 29.2 Å². The largest absolute Gasteiger partial charge is 0.508 e. The Morgan fingerprint density at radius 3 is 1.88 bits per heavy atom. The first-order valence-corrected chi connectivity index (χ1v) is 19.5. The molecule has 0 saturated carbocycles. The molecule has 0 spiro atoms. The smallest absolute Gasteiger partial charge is 0.246 e. The van der Waals surface area contributed by atoms with Gasteiger partial charge in [-0.15, -0.1) is 0 Å². The molecule has 57 heavy (non-hydrogen) atoms. The zero-order valence-electron chi connectivity index (χ0n) is 31.8. The predicted octanol–water partition coefficient (Wildman–Crippen LogP) is -3.79. The molecule has 1 fully saturated rings. The molecular weight excluding hydrogens is 785 g/mol. The van der Waals surface area contributed by atoms with Crippen LogP contribution in [0.25, 0.3) is 0 Å². The quantitative estimate of drug-likeness (QED) is 0.0475. The molecule has 1 heterocycles. The van der Waals surface area contributed by atoms with Crippen molar-refractivity contribution in [3.05, 3.63) is 29.8 Å². The molecule has 2 rings (SSSR count). The lowest BCUT2D eigenvalue weighted by Crippen LogP contribution is -2.61. The summed E-state index contributed by atoms with van der Waals surface area (Å²) < 4.78 is 0. The fraction of sp³-hybridized carbons (Fsp3) is 0.571. The number of carbonyl (C=O) groups excluding carboxylic acids is 9. The zero-order valence-corrected chi connectivity index (χ0v) is 33.6. The Kier molecular flexibility index (Phi) is 19.6. The average molecular weight is 839 g/mol. The van der Waals surface area contributed by atoms with Crippen LogP contribution in [0.5, 0.6) is 5.75 Å². The van der Waals surface area contributed by atoms with Gasteiger partial charge in [-0.3, -0.25) is 43.2 Å². The van der Waals surface area contributed by atoms with Crippen molar-refractivity contribution in [2.75, 3.05) is 18.1 Å². The van der Waals surface area contributed by atoms with Gasteiger partial charge >= 0.3 is 0 Å². The molecule has 1 saturated heterocycles. The van der Waals surface area contributed by atoms with Crippen molar-refractivity contribution in [3.63, 3.8) is 0 Å². The summed E-state index contributed by atoms with van der Waals surface area (Å²) in [4.78, 5) is 118. The van der Waals surface area contributed by atoms with Crippen molar-refractivity contribution in [1.82, 2.24) is 31.5 Å². The van der Waals surface area contributed by atoms with Gasteiger partial charge in [-0.1, -0.05) is 32.4 Å². The van der Waals surface area contributed by atoms with Gasteiger partial charge in [0.1, 0.15) is 42.0 Å². The third-order valence-corrected chi connectivity index (χ3v) is 10.1.